The molecule has 1 amide bonds. The number of hydrogen-bond donors (Lipinski definition) is 1. The SMILES string of the molecule is C=C(NC(=O)/C(=C/C(C)C)c1ccc(S(C)(=O)=O)cc1)S/C=C\C.[HH]. The van der Waals surface area contributed by atoms with Crippen molar-refractivity contribution in [3.8, 4) is 0 Å². The molecule has 0 atom stereocenters. The van der Waals surface area contributed by atoms with Gasteiger partial charge in [-0.15, -0.1) is 0 Å². The van der Waals surface area contributed by atoms with Crippen molar-refractivity contribution < 1.29 is 14.6 Å². The predicted molar refractivity (Wildman–Crippen MR) is 104 cm³/mol. The molecule has 1 N–H and O–H groups in total. The third kappa shape index (κ3) is 6.37. The first-order valence-electron chi connectivity index (χ1n) is 7.45. The van der Waals surface area contributed by atoms with Gasteiger partial charge in [0.2, 0.25) is 0 Å². The molecule has 0 spiro atoms. The minimum atomic E-state index is -3.26. The maximum atomic E-state index is 12.5. The lowest BCUT2D eigenvalue weighted by molar-refractivity contribution is -0.114. The van der Waals surface area contributed by atoms with Crippen LogP contribution < -0.4 is 5.32 Å². The van der Waals surface area contributed by atoms with Gasteiger partial charge in [0.05, 0.1) is 9.92 Å². The van der Waals surface area contributed by atoms with E-state index in [4.69, 9.17) is 0 Å². The van der Waals surface area contributed by atoms with E-state index in [1.165, 1.54) is 23.9 Å². The van der Waals surface area contributed by atoms with Gasteiger partial charge in [0.1, 0.15) is 0 Å². The fourth-order valence-electron chi connectivity index (χ4n) is 1.89. The zero-order valence-corrected chi connectivity index (χ0v) is 16.0. The summed E-state index contributed by atoms with van der Waals surface area (Å²) in [6, 6.07) is 6.31. The number of carbonyl (C=O) groups excluding carboxylic acids is 1. The Labute approximate surface area is 150 Å². The van der Waals surface area contributed by atoms with Gasteiger partial charge in [0.25, 0.3) is 5.91 Å². The standard InChI is InChI=1S/C18H23NO3S2.H2/c1-6-11-23-14(4)19-18(20)17(12-13(2)3)15-7-9-16(10-8-15)24(5,21)22;/h6-13H,4H2,1-3,5H3,(H,19,20);1H/b11-6-,17-12+;. The maximum absolute atomic E-state index is 12.5. The van der Waals surface area contributed by atoms with Gasteiger partial charge in [0, 0.05) is 13.3 Å². The van der Waals surface area contributed by atoms with Gasteiger partial charge in [-0.1, -0.05) is 56.5 Å². The highest BCUT2D eigenvalue weighted by Gasteiger charge is 2.15. The van der Waals surface area contributed by atoms with Crippen LogP contribution in [0.5, 0.6) is 0 Å². The molecule has 1 aromatic carbocycles. The molecule has 0 heterocycles. The van der Waals surface area contributed by atoms with Crippen molar-refractivity contribution in [2.45, 2.75) is 25.7 Å². The Morgan fingerprint density at radius 2 is 1.88 bits per heavy atom. The Morgan fingerprint density at radius 3 is 2.33 bits per heavy atom. The highest BCUT2D eigenvalue weighted by Crippen LogP contribution is 2.21. The summed E-state index contributed by atoms with van der Waals surface area (Å²) in [7, 11) is -3.26. The van der Waals surface area contributed by atoms with E-state index in [0.29, 0.717) is 16.2 Å². The summed E-state index contributed by atoms with van der Waals surface area (Å²) in [5, 5.41) is 5.11. The third-order valence-electron chi connectivity index (χ3n) is 2.94. The van der Waals surface area contributed by atoms with Crippen LogP contribution in [0.1, 0.15) is 27.8 Å². The van der Waals surface area contributed by atoms with Crippen molar-refractivity contribution in [2.75, 3.05) is 6.26 Å². The molecule has 1 aromatic rings. The molecule has 0 aliphatic carbocycles. The van der Waals surface area contributed by atoms with E-state index in [1.54, 1.807) is 12.1 Å². The van der Waals surface area contributed by atoms with Gasteiger partial charge in [-0.05, 0) is 35.9 Å². The van der Waals surface area contributed by atoms with Crippen LogP contribution in [0, 0.1) is 5.92 Å². The number of sulfone groups is 1. The van der Waals surface area contributed by atoms with E-state index in [0.717, 1.165) is 6.26 Å². The number of benzene rings is 1. The van der Waals surface area contributed by atoms with Crippen molar-refractivity contribution in [1.29, 1.82) is 0 Å². The van der Waals surface area contributed by atoms with Gasteiger partial charge >= 0.3 is 0 Å². The molecule has 0 fully saturated rings. The second-order valence-corrected chi connectivity index (χ2v) is 8.60. The minimum Gasteiger partial charge on any atom is -0.317 e. The smallest absolute Gasteiger partial charge is 0.256 e. The average Bonchev–Trinajstić information content (AvgIpc) is 2.49. The lowest BCUT2D eigenvalue weighted by Gasteiger charge is -2.12. The van der Waals surface area contributed by atoms with E-state index >= 15 is 0 Å². The maximum Gasteiger partial charge on any atom is 0.256 e. The summed E-state index contributed by atoms with van der Waals surface area (Å²) in [5.74, 6) is -0.102. The van der Waals surface area contributed by atoms with Gasteiger partial charge in [0.15, 0.2) is 9.84 Å². The van der Waals surface area contributed by atoms with Crippen molar-refractivity contribution >= 4 is 33.1 Å². The summed E-state index contributed by atoms with van der Waals surface area (Å²) in [6.07, 6.45) is 4.86. The molecule has 0 unspecified atom stereocenters. The molecular formula is C18H25NO3S2. The molecule has 0 aliphatic rings. The van der Waals surface area contributed by atoms with Crippen LogP contribution >= 0.6 is 11.8 Å². The van der Waals surface area contributed by atoms with Gasteiger partial charge in [-0.25, -0.2) is 8.42 Å². The number of carbonyl (C=O) groups is 1. The second-order valence-electron chi connectivity index (χ2n) is 5.59. The monoisotopic (exact) mass is 367 g/mol. The third-order valence-corrected chi connectivity index (χ3v) is 4.86. The normalized spacial score (nSPS) is 12.6. The van der Waals surface area contributed by atoms with Gasteiger partial charge in [-0.2, -0.15) is 0 Å². The first-order chi connectivity index (χ1) is 11.1. The lowest BCUT2D eigenvalue weighted by atomic mass is 10.0. The summed E-state index contributed by atoms with van der Waals surface area (Å²) < 4.78 is 23.1. The highest BCUT2D eigenvalue weighted by atomic mass is 32.2. The molecule has 132 valence electrons. The molecule has 1 rings (SSSR count). The van der Waals surface area contributed by atoms with Crippen LogP contribution in [0.2, 0.25) is 0 Å². The Kier molecular flexibility index (Phi) is 7.51. The molecule has 0 aliphatic heterocycles. The molecule has 0 saturated heterocycles. The molecule has 6 heteroatoms. The summed E-state index contributed by atoms with van der Waals surface area (Å²) >= 11 is 1.33. The van der Waals surface area contributed by atoms with Crippen LogP contribution in [-0.2, 0) is 14.6 Å². The summed E-state index contributed by atoms with van der Waals surface area (Å²) in [4.78, 5) is 12.8. The quantitative estimate of drug-likeness (QED) is 0.733. The van der Waals surface area contributed by atoms with Crippen LogP contribution in [0.25, 0.3) is 5.57 Å². The fourth-order valence-corrected chi connectivity index (χ4v) is 2.97. The van der Waals surface area contributed by atoms with Crippen LogP contribution in [0.15, 0.2) is 58.3 Å². The van der Waals surface area contributed by atoms with E-state index in [1.807, 2.05) is 38.3 Å². The Hall–Kier alpha value is -1.79. The number of amides is 1. The van der Waals surface area contributed by atoms with E-state index in [9.17, 15) is 13.2 Å². The summed E-state index contributed by atoms with van der Waals surface area (Å²) in [5.41, 5.74) is 1.16. The van der Waals surface area contributed by atoms with Crippen LogP contribution in [0.3, 0.4) is 0 Å². The topological polar surface area (TPSA) is 63.2 Å². The fraction of sp³-hybridized carbons (Fsp3) is 0.278. The van der Waals surface area contributed by atoms with Crippen molar-refractivity contribution in [1.82, 2.24) is 5.32 Å². The number of hydrogen-bond acceptors (Lipinski definition) is 4. The molecule has 0 saturated carbocycles. The molecule has 24 heavy (non-hydrogen) atoms. The zero-order valence-electron chi connectivity index (χ0n) is 14.4. The lowest BCUT2D eigenvalue weighted by Crippen LogP contribution is -2.22. The van der Waals surface area contributed by atoms with Crippen LogP contribution in [0.4, 0.5) is 0 Å². The number of rotatable bonds is 7. The molecule has 4 nitrogen and oxygen atoms in total. The van der Waals surface area contributed by atoms with Crippen molar-refractivity contribution in [3.63, 3.8) is 0 Å². The summed E-state index contributed by atoms with van der Waals surface area (Å²) in [6.45, 7) is 9.64. The average molecular weight is 368 g/mol. The predicted octanol–water partition coefficient (Wildman–Crippen LogP) is 4.23. The van der Waals surface area contributed by atoms with E-state index in [-0.39, 0.29) is 18.1 Å². The first kappa shape index (κ1) is 20.3. The van der Waals surface area contributed by atoms with E-state index < -0.39 is 9.84 Å². The number of allylic oxidation sites excluding steroid dienone is 2. The Morgan fingerprint density at radius 1 is 1.29 bits per heavy atom. The largest absolute Gasteiger partial charge is 0.317 e. The number of thioether (sulfide) groups is 1. The molecule has 0 aromatic heterocycles. The Bertz CT molecular complexity index is 764. The Balaban J connectivity index is 0.00000576. The van der Waals surface area contributed by atoms with Gasteiger partial charge < -0.3 is 5.32 Å². The molecule has 0 bridgehead atoms. The molecule has 0 radical (unpaired) electrons. The van der Waals surface area contributed by atoms with Gasteiger partial charge in [-0.3, -0.25) is 4.79 Å². The zero-order chi connectivity index (χ0) is 18.3. The van der Waals surface area contributed by atoms with Crippen molar-refractivity contribution in [3.05, 3.63) is 59.0 Å². The van der Waals surface area contributed by atoms with E-state index in [2.05, 4.69) is 11.9 Å². The van der Waals surface area contributed by atoms with Crippen molar-refractivity contribution in [2.24, 2.45) is 5.92 Å². The highest BCUT2D eigenvalue weighted by molar-refractivity contribution is 8.05. The van der Waals surface area contributed by atoms with Crippen LogP contribution in [-0.4, -0.2) is 20.6 Å². The minimum absolute atomic E-state index is 0. The second kappa shape index (κ2) is 8.89. The first-order valence-corrected chi connectivity index (χ1v) is 10.2. The number of nitrogens with one attached hydrogen (secondary N) is 1. The molecular weight excluding hydrogens is 342 g/mol.